The van der Waals surface area contributed by atoms with Crippen molar-refractivity contribution in [1.82, 2.24) is 4.90 Å². The van der Waals surface area contributed by atoms with Crippen LogP contribution in [-0.4, -0.2) is 36.8 Å². The van der Waals surface area contributed by atoms with Crippen LogP contribution in [0.5, 0.6) is 5.75 Å². The molecule has 0 aliphatic heterocycles. The topological polar surface area (TPSA) is 32.7 Å². The monoisotopic (exact) mass is 367 g/mol. The summed E-state index contributed by atoms with van der Waals surface area (Å²) in [4.78, 5) is 2.11. The normalized spacial score (nSPS) is 12.4. The van der Waals surface area contributed by atoms with Gasteiger partial charge in [0.1, 0.15) is 11.9 Å². The van der Waals surface area contributed by atoms with Gasteiger partial charge in [-0.15, -0.1) is 0 Å². The van der Waals surface area contributed by atoms with Crippen LogP contribution in [0.3, 0.4) is 0 Å². The summed E-state index contributed by atoms with van der Waals surface area (Å²) in [7, 11) is 2.00. The minimum atomic E-state index is -0.0929. The van der Waals surface area contributed by atoms with E-state index in [1.165, 1.54) is 0 Å². The molecule has 1 N–H and O–H groups in total. The van der Waals surface area contributed by atoms with Gasteiger partial charge in [0.05, 0.1) is 11.6 Å². The zero-order valence-corrected chi connectivity index (χ0v) is 15.3. The highest BCUT2D eigenvalue weighted by molar-refractivity contribution is 6.34. The molecule has 2 aromatic carbocycles. The van der Waals surface area contributed by atoms with Crippen LogP contribution in [0.4, 0.5) is 0 Å². The van der Waals surface area contributed by atoms with E-state index in [-0.39, 0.29) is 12.7 Å². The Kier molecular flexibility index (Phi) is 7.86. The van der Waals surface area contributed by atoms with Gasteiger partial charge in [-0.1, -0.05) is 53.5 Å². The molecule has 0 saturated heterocycles. The SMILES string of the molecule is CN(CCO)CCCC(Oc1cc(Cl)ccc1Cl)c1ccccc1. The first-order chi connectivity index (χ1) is 11.6. The summed E-state index contributed by atoms with van der Waals surface area (Å²) in [6, 6.07) is 15.3. The number of aliphatic hydroxyl groups is 1. The van der Waals surface area contributed by atoms with Crippen LogP contribution in [0.25, 0.3) is 0 Å². The Balaban J connectivity index is 2.07. The van der Waals surface area contributed by atoms with Gasteiger partial charge in [-0.05, 0) is 44.1 Å². The van der Waals surface area contributed by atoms with Crippen molar-refractivity contribution in [2.24, 2.45) is 0 Å². The maximum Gasteiger partial charge on any atom is 0.140 e. The molecule has 5 heteroatoms. The third-order valence-electron chi connectivity index (χ3n) is 3.82. The van der Waals surface area contributed by atoms with Gasteiger partial charge in [-0.3, -0.25) is 0 Å². The molecule has 0 heterocycles. The molecule has 0 aromatic heterocycles. The number of aliphatic hydroxyl groups excluding tert-OH is 1. The second-order valence-electron chi connectivity index (χ2n) is 5.76. The Labute approximate surface area is 153 Å². The molecule has 1 atom stereocenters. The van der Waals surface area contributed by atoms with Crippen molar-refractivity contribution in [2.75, 3.05) is 26.7 Å². The zero-order chi connectivity index (χ0) is 17.4. The highest BCUT2D eigenvalue weighted by atomic mass is 35.5. The van der Waals surface area contributed by atoms with Crippen LogP contribution in [0.15, 0.2) is 48.5 Å². The Morgan fingerprint density at radius 2 is 1.83 bits per heavy atom. The first kappa shape index (κ1) is 19.1. The van der Waals surface area contributed by atoms with E-state index in [0.29, 0.717) is 22.3 Å². The van der Waals surface area contributed by atoms with Crippen LogP contribution in [0.1, 0.15) is 24.5 Å². The molecule has 1 unspecified atom stereocenters. The number of nitrogens with zero attached hydrogens (tertiary/aromatic N) is 1. The standard InChI is InChI=1S/C19H23Cl2NO2/c1-22(12-13-23)11-5-8-18(15-6-3-2-4-7-15)24-19-14-16(20)9-10-17(19)21/h2-4,6-7,9-10,14,18,23H,5,8,11-13H2,1H3. The Morgan fingerprint density at radius 1 is 1.08 bits per heavy atom. The molecule has 0 aliphatic carbocycles. The number of halogens is 2. The number of benzene rings is 2. The Morgan fingerprint density at radius 3 is 2.54 bits per heavy atom. The van der Waals surface area contributed by atoms with Crippen LogP contribution >= 0.6 is 23.2 Å². The molecular formula is C19H23Cl2NO2. The highest BCUT2D eigenvalue weighted by Crippen LogP contribution is 2.33. The summed E-state index contributed by atoms with van der Waals surface area (Å²) in [5, 5.41) is 10.1. The van der Waals surface area contributed by atoms with Crippen molar-refractivity contribution < 1.29 is 9.84 Å². The molecule has 2 rings (SSSR count). The first-order valence-corrected chi connectivity index (χ1v) is 8.82. The van der Waals surface area contributed by atoms with E-state index >= 15 is 0 Å². The lowest BCUT2D eigenvalue weighted by atomic mass is 10.0. The molecule has 0 saturated carbocycles. The van der Waals surface area contributed by atoms with Gasteiger partial charge in [0.15, 0.2) is 0 Å². The van der Waals surface area contributed by atoms with Gasteiger partial charge in [-0.2, -0.15) is 0 Å². The molecule has 24 heavy (non-hydrogen) atoms. The van der Waals surface area contributed by atoms with Gasteiger partial charge in [0.2, 0.25) is 0 Å². The minimum Gasteiger partial charge on any atom is -0.484 e. The number of ether oxygens (including phenoxy) is 1. The predicted molar refractivity (Wildman–Crippen MR) is 100 cm³/mol. The summed E-state index contributed by atoms with van der Waals surface area (Å²) >= 11 is 12.3. The summed E-state index contributed by atoms with van der Waals surface area (Å²) in [5.74, 6) is 0.599. The predicted octanol–water partition coefficient (Wildman–Crippen LogP) is 4.82. The number of rotatable bonds is 9. The molecular weight excluding hydrogens is 345 g/mol. The largest absolute Gasteiger partial charge is 0.484 e. The fourth-order valence-electron chi connectivity index (χ4n) is 2.51. The van der Waals surface area contributed by atoms with E-state index < -0.39 is 0 Å². The van der Waals surface area contributed by atoms with Crippen LogP contribution in [-0.2, 0) is 0 Å². The molecule has 0 spiro atoms. The lowest BCUT2D eigenvalue weighted by Gasteiger charge is -2.22. The second-order valence-corrected chi connectivity index (χ2v) is 6.60. The van der Waals surface area contributed by atoms with Crippen molar-refractivity contribution >= 4 is 23.2 Å². The fraction of sp³-hybridized carbons (Fsp3) is 0.368. The van der Waals surface area contributed by atoms with Crippen molar-refractivity contribution in [1.29, 1.82) is 0 Å². The number of hydrogen-bond donors (Lipinski definition) is 1. The molecule has 0 amide bonds. The Bertz CT molecular complexity index is 622. The van der Waals surface area contributed by atoms with E-state index in [0.717, 1.165) is 24.9 Å². The van der Waals surface area contributed by atoms with Gasteiger partial charge in [0, 0.05) is 17.6 Å². The maximum atomic E-state index is 8.98. The van der Waals surface area contributed by atoms with E-state index in [4.69, 9.17) is 33.0 Å². The average Bonchev–Trinajstić information content (AvgIpc) is 2.58. The lowest BCUT2D eigenvalue weighted by Crippen LogP contribution is -2.24. The van der Waals surface area contributed by atoms with E-state index in [9.17, 15) is 0 Å². The van der Waals surface area contributed by atoms with Crippen molar-refractivity contribution in [2.45, 2.75) is 18.9 Å². The van der Waals surface area contributed by atoms with Crippen molar-refractivity contribution in [3.8, 4) is 5.75 Å². The maximum absolute atomic E-state index is 8.98. The van der Waals surface area contributed by atoms with Gasteiger partial charge in [-0.25, -0.2) is 0 Å². The average molecular weight is 368 g/mol. The third kappa shape index (κ3) is 5.99. The highest BCUT2D eigenvalue weighted by Gasteiger charge is 2.15. The van der Waals surface area contributed by atoms with Gasteiger partial charge in [0.25, 0.3) is 0 Å². The van der Waals surface area contributed by atoms with Gasteiger partial charge >= 0.3 is 0 Å². The third-order valence-corrected chi connectivity index (χ3v) is 4.37. The van der Waals surface area contributed by atoms with Crippen LogP contribution in [0, 0.1) is 0 Å². The fourth-order valence-corrected chi connectivity index (χ4v) is 2.84. The zero-order valence-electron chi connectivity index (χ0n) is 13.8. The number of hydrogen-bond acceptors (Lipinski definition) is 3. The molecule has 0 fully saturated rings. The van der Waals surface area contributed by atoms with Crippen LogP contribution < -0.4 is 4.74 Å². The lowest BCUT2D eigenvalue weighted by molar-refractivity contribution is 0.176. The molecule has 0 radical (unpaired) electrons. The van der Waals surface area contributed by atoms with E-state index in [1.54, 1.807) is 18.2 Å². The Hall–Kier alpha value is -1.26. The van der Waals surface area contributed by atoms with Crippen LogP contribution in [0.2, 0.25) is 10.0 Å². The molecule has 2 aromatic rings. The summed E-state index contributed by atoms with van der Waals surface area (Å²) in [6.07, 6.45) is 1.71. The molecule has 3 nitrogen and oxygen atoms in total. The summed E-state index contributed by atoms with van der Waals surface area (Å²) < 4.78 is 6.17. The smallest absolute Gasteiger partial charge is 0.140 e. The second kappa shape index (κ2) is 9.90. The number of likely N-dealkylation sites (N-methyl/N-ethyl adjacent to an activating group) is 1. The van der Waals surface area contributed by atoms with Crippen molar-refractivity contribution in [3.05, 3.63) is 64.1 Å². The minimum absolute atomic E-state index is 0.0929. The summed E-state index contributed by atoms with van der Waals surface area (Å²) in [6.45, 7) is 1.75. The first-order valence-electron chi connectivity index (χ1n) is 8.06. The molecule has 130 valence electrons. The molecule has 0 bridgehead atoms. The van der Waals surface area contributed by atoms with Gasteiger partial charge < -0.3 is 14.7 Å². The quantitative estimate of drug-likeness (QED) is 0.689. The molecule has 0 aliphatic rings. The van der Waals surface area contributed by atoms with Crippen molar-refractivity contribution in [3.63, 3.8) is 0 Å². The summed E-state index contributed by atoms with van der Waals surface area (Å²) in [5.41, 5.74) is 1.11. The van der Waals surface area contributed by atoms with E-state index in [1.807, 2.05) is 25.2 Å². The van der Waals surface area contributed by atoms with E-state index in [2.05, 4.69) is 17.0 Å².